The first-order valence-corrected chi connectivity index (χ1v) is 8.51. The van der Waals surface area contributed by atoms with Gasteiger partial charge in [0.05, 0.1) is 0 Å². The Kier molecular flexibility index (Phi) is 5.43. The summed E-state index contributed by atoms with van der Waals surface area (Å²) in [6.07, 6.45) is 2.45. The number of hydrogen-bond donors (Lipinski definition) is 1. The van der Waals surface area contributed by atoms with Crippen molar-refractivity contribution in [3.63, 3.8) is 0 Å². The van der Waals surface area contributed by atoms with E-state index in [9.17, 15) is 0 Å². The van der Waals surface area contributed by atoms with Crippen molar-refractivity contribution in [2.24, 2.45) is 5.92 Å². The lowest BCUT2D eigenvalue weighted by Crippen LogP contribution is -2.59. The zero-order chi connectivity index (χ0) is 13.8. The second-order valence-corrected chi connectivity index (χ2v) is 7.11. The molecule has 0 amide bonds. The predicted octanol–water partition coefficient (Wildman–Crippen LogP) is 3.39. The van der Waals surface area contributed by atoms with Gasteiger partial charge in [-0.1, -0.05) is 26.3 Å². The van der Waals surface area contributed by atoms with E-state index in [0.717, 1.165) is 12.5 Å². The number of piperazine rings is 1. The highest BCUT2D eigenvalue weighted by atomic mass is 32.1. The molecule has 19 heavy (non-hydrogen) atoms. The Balaban J connectivity index is 1.96. The van der Waals surface area contributed by atoms with Crippen LogP contribution in [0.4, 0.5) is 0 Å². The van der Waals surface area contributed by atoms with E-state index in [1.165, 1.54) is 24.3 Å². The lowest BCUT2D eigenvalue weighted by atomic mass is 9.94. The molecule has 1 aromatic rings. The molecule has 0 spiro atoms. The van der Waals surface area contributed by atoms with Crippen molar-refractivity contribution in [1.82, 2.24) is 10.2 Å². The monoisotopic (exact) mass is 280 g/mol. The molecule has 4 atom stereocenters. The largest absolute Gasteiger partial charge is 0.311 e. The molecule has 1 aromatic heterocycles. The van der Waals surface area contributed by atoms with E-state index in [-0.39, 0.29) is 0 Å². The van der Waals surface area contributed by atoms with Gasteiger partial charge in [-0.05, 0) is 37.6 Å². The van der Waals surface area contributed by atoms with Crippen LogP contribution in [0.5, 0.6) is 0 Å². The summed E-state index contributed by atoms with van der Waals surface area (Å²) in [5.74, 6) is 0.768. The van der Waals surface area contributed by atoms with Crippen LogP contribution in [0.15, 0.2) is 17.5 Å². The molecule has 2 rings (SSSR count). The highest BCUT2D eigenvalue weighted by Crippen LogP contribution is 2.21. The fraction of sp³-hybridized carbons (Fsp3) is 0.750. The molecule has 2 nitrogen and oxygen atoms in total. The molecule has 1 aliphatic heterocycles. The summed E-state index contributed by atoms with van der Waals surface area (Å²) in [6, 6.07) is 6.38. The molecule has 2 heterocycles. The van der Waals surface area contributed by atoms with Crippen LogP contribution < -0.4 is 5.32 Å². The van der Waals surface area contributed by atoms with Gasteiger partial charge in [0, 0.05) is 36.1 Å². The number of thiophene rings is 1. The summed E-state index contributed by atoms with van der Waals surface area (Å²) >= 11 is 1.89. The van der Waals surface area contributed by atoms with Crippen LogP contribution in [0.25, 0.3) is 0 Å². The maximum absolute atomic E-state index is 3.72. The van der Waals surface area contributed by atoms with Crippen molar-refractivity contribution >= 4 is 11.3 Å². The summed E-state index contributed by atoms with van der Waals surface area (Å²) in [4.78, 5) is 4.21. The average molecular weight is 280 g/mol. The van der Waals surface area contributed by atoms with Crippen molar-refractivity contribution in [1.29, 1.82) is 0 Å². The van der Waals surface area contributed by atoms with Gasteiger partial charge in [-0.25, -0.2) is 0 Å². The van der Waals surface area contributed by atoms with Crippen molar-refractivity contribution < 1.29 is 0 Å². The Bertz CT molecular complexity index is 363. The van der Waals surface area contributed by atoms with Crippen molar-refractivity contribution in [2.75, 3.05) is 13.1 Å². The molecule has 3 heteroatoms. The second-order valence-electron chi connectivity index (χ2n) is 6.08. The van der Waals surface area contributed by atoms with E-state index < -0.39 is 0 Å². The maximum atomic E-state index is 3.72. The van der Waals surface area contributed by atoms with Gasteiger partial charge in [-0.3, -0.25) is 4.90 Å². The number of hydrogen-bond acceptors (Lipinski definition) is 3. The molecule has 1 aliphatic rings. The fourth-order valence-electron chi connectivity index (χ4n) is 3.03. The van der Waals surface area contributed by atoms with Crippen molar-refractivity contribution in [3.05, 3.63) is 22.4 Å². The molecule has 0 aromatic carbocycles. The van der Waals surface area contributed by atoms with Crippen LogP contribution in [0, 0.1) is 5.92 Å². The molecule has 108 valence electrons. The SMILES string of the molecule is CCC(C)C1CN(C(C)Cc2cccs2)C(C)CN1. The molecule has 0 aliphatic carbocycles. The van der Waals surface area contributed by atoms with Gasteiger partial charge >= 0.3 is 0 Å². The van der Waals surface area contributed by atoms with Crippen molar-refractivity contribution in [3.8, 4) is 0 Å². The van der Waals surface area contributed by atoms with E-state index in [1.807, 2.05) is 11.3 Å². The minimum atomic E-state index is 0.641. The fourth-order valence-corrected chi connectivity index (χ4v) is 3.85. The summed E-state index contributed by atoms with van der Waals surface area (Å²) in [7, 11) is 0. The first-order chi connectivity index (χ1) is 9.11. The first-order valence-electron chi connectivity index (χ1n) is 7.63. The van der Waals surface area contributed by atoms with Gasteiger partial charge in [0.2, 0.25) is 0 Å². The Morgan fingerprint density at radius 3 is 2.89 bits per heavy atom. The van der Waals surface area contributed by atoms with Crippen LogP contribution in [-0.2, 0) is 6.42 Å². The summed E-state index contributed by atoms with van der Waals surface area (Å²) in [5.41, 5.74) is 0. The van der Waals surface area contributed by atoms with Gasteiger partial charge < -0.3 is 5.32 Å². The third kappa shape index (κ3) is 3.80. The van der Waals surface area contributed by atoms with Gasteiger partial charge in [-0.2, -0.15) is 0 Å². The van der Waals surface area contributed by atoms with Crippen molar-refractivity contribution in [2.45, 2.75) is 58.7 Å². The Hall–Kier alpha value is -0.380. The first kappa shape index (κ1) is 15.0. The van der Waals surface area contributed by atoms with Gasteiger partial charge in [-0.15, -0.1) is 11.3 Å². The zero-order valence-corrected chi connectivity index (χ0v) is 13.5. The smallest absolute Gasteiger partial charge is 0.0221 e. The highest BCUT2D eigenvalue weighted by molar-refractivity contribution is 7.09. The molecule has 0 saturated carbocycles. The molecule has 1 saturated heterocycles. The normalized spacial score (nSPS) is 28.2. The van der Waals surface area contributed by atoms with E-state index in [2.05, 4.69) is 55.4 Å². The molecular weight excluding hydrogens is 252 g/mol. The van der Waals surface area contributed by atoms with E-state index in [0.29, 0.717) is 18.1 Å². The van der Waals surface area contributed by atoms with E-state index >= 15 is 0 Å². The second kappa shape index (κ2) is 6.87. The standard InChI is InChI=1S/C16H28N2S/c1-5-12(2)16-11-18(14(4)10-17-16)13(3)9-15-7-6-8-19-15/h6-8,12-14,16-17H,5,9-11H2,1-4H3. The topological polar surface area (TPSA) is 15.3 Å². The van der Waals surface area contributed by atoms with E-state index in [1.54, 1.807) is 0 Å². The minimum Gasteiger partial charge on any atom is -0.311 e. The summed E-state index contributed by atoms with van der Waals surface area (Å²) in [6.45, 7) is 11.7. The minimum absolute atomic E-state index is 0.641. The Labute approximate surface area is 122 Å². The van der Waals surface area contributed by atoms with Crippen LogP contribution >= 0.6 is 11.3 Å². The van der Waals surface area contributed by atoms with Crippen LogP contribution in [-0.4, -0.2) is 36.1 Å². The van der Waals surface area contributed by atoms with Crippen LogP contribution in [0.1, 0.15) is 39.0 Å². The lowest BCUT2D eigenvalue weighted by molar-refractivity contribution is 0.0823. The predicted molar refractivity (Wildman–Crippen MR) is 84.9 cm³/mol. The van der Waals surface area contributed by atoms with Gasteiger partial charge in [0.1, 0.15) is 0 Å². The maximum Gasteiger partial charge on any atom is 0.0221 e. The third-order valence-corrected chi connectivity index (χ3v) is 5.52. The highest BCUT2D eigenvalue weighted by Gasteiger charge is 2.30. The molecule has 1 N–H and O–H groups in total. The molecule has 0 radical (unpaired) electrons. The summed E-state index contributed by atoms with van der Waals surface area (Å²) < 4.78 is 0. The number of nitrogens with zero attached hydrogens (tertiary/aromatic N) is 1. The lowest BCUT2D eigenvalue weighted by Gasteiger charge is -2.44. The quantitative estimate of drug-likeness (QED) is 0.889. The number of nitrogens with one attached hydrogen (secondary N) is 1. The van der Waals surface area contributed by atoms with Gasteiger partial charge in [0.25, 0.3) is 0 Å². The zero-order valence-electron chi connectivity index (χ0n) is 12.7. The molecule has 1 fully saturated rings. The summed E-state index contributed by atoms with van der Waals surface area (Å²) in [5, 5.41) is 5.91. The van der Waals surface area contributed by atoms with Crippen LogP contribution in [0.3, 0.4) is 0 Å². The van der Waals surface area contributed by atoms with Gasteiger partial charge in [0.15, 0.2) is 0 Å². The Morgan fingerprint density at radius 1 is 1.47 bits per heavy atom. The average Bonchev–Trinajstić information content (AvgIpc) is 2.91. The molecular formula is C16H28N2S. The Morgan fingerprint density at radius 2 is 2.26 bits per heavy atom. The van der Waals surface area contributed by atoms with Crippen LogP contribution in [0.2, 0.25) is 0 Å². The molecule has 4 unspecified atom stereocenters. The number of rotatable bonds is 5. The molecule has 0 bridgehead atoms. The van der Waals surface area contributed by atoms with E-state index in [4.69, 9.17) is 0 Å². The third-order valence-electron chi connectivity index (χ3n) is 4.62.